The van der Waals surface area contributed by atoms with Gasteiger partial charge >= 0.3 is 6.03 Å². The summed E-state index contributed by atoms with van der Waals surface area (Å²) >= 11 is 0. The summed E-state index contributed by atoms with van der Waals surface area (Å²) < 4.78 is 12.2. The second-order valence-corrected chi connectivity index (χ2v) is 10.9. The maximum Gasteiger partial charge on any atom is 0.322 e. The van der Waals surface area contributed by atoms with Crippen LogP contribution in [-0.2, 0) is 16.6 Å². The number of benzene rings is 2. The fourth-order valence-electron chi connectivity index (χ4n) is 3.73. The molecule has 7 heteroatoms. The van der Waals surface area contributed by atoms with Crippen LogP contribution in [0.2, 0.25) is 0 Å². The van der Waals surface area contributed by atoms with Crippen LogP contribution in [-0.4, -0.2) is 36.4 Å². The zero-order valence-electron chi connectivity index (χ0n) is 17.6. The quantitative estimate of drug-likeness (QED) is 0.620. The van der Waals surface area contributed by atoms with Crippen molar-refractivity contribution in [2.24, 2.45) is 0 Å². The van der Waals surface area contributed by atoms with E-state index in [1.54, 1.807) is 0 Å². The van der Waals surface area contributed by atoms with Gasteiger partial charge in [0.25, 0.3) is 0 Å². The lowest BCUT2D eigenvalue weighted by atomic mass is 10.2. The lowest BCUT2D eigenvalue weighted by Gasteiger charge is -2.23. The Labute approximate surface area is 179 Å². The van der Waals surface area contributed by atoms with Crippen LogP contribution in [0.4, 0.5) is 10.5 Å². The number of carbonyl (C=O) groups is 1. The number of carbonyl (C=O) groups excluding carboxylic acids is 1. The number of H-pyrrole nitrogens is 1. The molecule has 6 nitrogen and oxygen atoms in total. The van der Waals surface area contributed by atoms with Crippen LogP contribution in [0.1, 0.15) is 51.0 Å². The zero-order valence-corrected chi connectivity index (χ0v) is 18.5. The first-order valence-electron chi connectivity index (χ1n) is 10.3. The van der Waals surface area contributed by atoms with Gasteiger partial charge in [0.1, 0.15) is 5.82 Å². The van der Waals surface area contributed by atoms with E-state index < -0.39 is 10.8 Å². The third-order valence-corrected chi connectivity index (χ3v) is 7.36. The molecule has 2 amide bonds. The van der Waals surface area contributed by atoms with Crippen LogP contribution < -0.4 is 5.32 Å². The van der Waals surface area contributed by atoms with Crippen LogP contribution in [0.25, 0.3) is 11.0 Å². The molecule has 2 aromatic carbocycles. The molecule has 30 heavy (non-hydrogen) atoms. The van der Waals surface area contributed by atoms with E-state index >= 15 is 0 Å². The number of likely N-dealkylation sites (tertiary alicyclic amines) is 1. The van der Waals surface area contributed by atoms with Gasteiger partial charge in [-0.05, 0) is 63.4 Å². The summed E-state index contributed by atoms with van der Waals surface area (Å²) in [4.78, 5) is 22.9. The van der Waals surface area contributed by atoms with E-state index in [-0.39, 0.29) is 16.8 Å². The molecule has 0 aliphatic carbocycles. The Bertz CT molecular complexity index is 1050. The van der Waals surface area contributed by atoms with Crippen molar-refractivity contribution >= 4 is 33.6 Å². The first-order valence-corrected chi connectivity index (χ1v) is 11.6. The predicted octanol–water partition coefficient (Wildman–Crippen LogP) is 4.98. The van der Waals surface area contributed by atoms with Crippen molar-refractivity contribution in [3.63, 3.8) is 0 Å². The maximum absolute atomic E-state index is 13.0. The average Bonchev–Trinajstić information content (AvgIpc) is 3.34. The smallest absolute Gasteiger partial charge is 0.322 e. The molecule has 0 saturated carbocycles. The monoisotopic (exact) mass is 424 g/mol. The van der Waals surface area contributed by atoms with Gasteiger partial charge in [0.15, 0.2) is 0 Å². The van der Waals surface area contributed by atoms with Crippen molar-refractivity contribution in [2.75, 3.05) is 11.9 Å². The number of hydrogen-bond donors (Lipinski definition) is 2. The average molecular weight is 425 g/mol. The minimum absolute atomic E-state index is 0.0611. The van der Waals surface area contributed by atoms with Gasteiger partial charge in [0, 0.05) is 33.5 Å². The standard InChI is InChI=1S/C23H28N4O2S/c1-23(2,3)30(29)15-16-8-6-9-17(14-16)24-22(28)27-13-7-12-20(27)21-25-18-10-4-5-11-19(18)26-21/h4-6,8-11,14,20H,7,12-13,15H2,1-3H3,(H,24,28)(H,25,26). The number of imidazole rings is 1. The molecule has 4 rings (SSSR count). The molecule has 2 atom stereocenters. The molecule has 1 aliphatic heterocycles. The highest BCUT2D eigenvalue weighted by Gasteiger charge is 2.32. The minimum atomic E-state index is -0.985. The molecule has 2 N–H and O–H groups in total. The third-order valence-electron chi connectivity index (χ3n) is 5.40. The molecule has 158 valence electrons. The highest BCUT2D eigenvalue weighted by Crippen LogP contribution is 2.32. The summed E-state index contributed by atoms with van der Waals surface area (Å²) in [6.07, 6.45) is 1.83. The van der Waals surface area contributed by atoms with E-state index in [4.69, 9.17) is 4.98 Å². The lowest BCUT2D eigenvalue weighted by molar-refractivity contribution is 0.205. The zero-order chi connectivity index (χ0) is 21.3. The van der Waals surface area contributed by atoms with Gasteiger partial charge in [-0.25, -0.2) is 9.78 Å². The summed E-state index contributed by atoms with van der Waals surface area (Å²) in [7, 11) is -0.985. The van der Waals surface area contributed by atoms with Gasteiger partial charge in [-0.2, -0.15) is 0 Å². The molecule has 1 saturated heterocycles. The molecule has 0 radical (unpaired) electrons. The van der Waals surface area contributed by atoms with Crippen molar-refractivity contribution < 1.29 is 9.00 Å². The summed E-state index contributed by atoms with van der Waals surface area (Å²) in [6.45, 7) is 6.61. The summed E-state index contributed by atoms with van der Waals surface area (Å²) in [5.74, 6) is 1.30. The van der Waals surface area contributed by atoms with Gasteiger partial charge in [0.05, 0.1) is 17.1 Å². The maximum atomic E-state index is 13.0. The SMILES string of the molecule is CC(C)(C)S(=O)Cc1cccc(NC(=O)N2CCCC2c2nc3ccccc3[nH]2)c1. The Balaban J connectivity index is 1.48. The van der Waals surface area contributed by atoms with Crippen molar-refractivity contribution in [2.45, 2.75) is 50.2 Å². The first-order chi connectivity index (χ1) is 14.3. The lowest BCUT2D eigenvalue weighted by Crippen LogP contribution is -2.34. The number of aromatic nitrogens is 2. The molecule has 0 bridgehead atoms. The summed E-state index contributed by atoms with van der Waals surface area (Å²) in [5.41, 5.74) is 3.58. The summed E-state index contributed by atoms with van der Waals surface area (Å²) in [6, 6.07) is 15.3. The molecule has 2 unspecified atom stereocenters. The van der Waals surface area contributed by atoms with Crippen molar-refractivity contribution in [1.29, 1.82) is 0 Å². The van der Waals surface area contributed by atoms with Crippen LogP contribution in [0.3, 0.4) is 0 Å². The predicted molar refractivity (Wildman–Crippen MR) is 122 cm³/mol. The van der Waals surface area contributed by atoms with Gasteiger partial charge < -0.3 is 15.2 Å². The van der Waals surface area contributed by atoms with E-state index in [1.807, 2.05) is 74.2 Å². The normalized spacial score (nSPS) is 18.0. The highest BCUT2D eigenvalue weighted by atomic mass is 32.2. The number of amides is 2. The van der Waals surface area contributed by atoms with E-state index in [2.05, 4.69) is 10.3 Å². The minimum Gasteiger partial charge on any atom is -0.340 e. The van der Waals surface area contributed by atoms with Gasteiger partial charge in [-0.3, -0.25) is 4.21 Å². The molecule has 1 fully saturated rings. The Morgan fingerprint density at radius 2 is 2.03 bits per heavy atom. The molecule has 1 aromatic heterocycles. The number of anilines is 1. The number of rotatable bonds is 4. The van der Waals surface area contributed by atoms with Crippen molar-refractivity contribution in [3.05, 3.63) is 59.9 Å². The van der Waals surface area contributed by atoms with E-state index in [0.717, 1.165) is 41.0 Å². The second kappa shape index (κ2) is 8.22. The molecule has 0 spiro atoms. The van der Waals surface area contributed by atoms with Crippen molar-refractivity contribution in [3.8, 4) is 0 Å². The van der Waals surface area contributed by atoms with E-state index in [9.17, 15) is 9.00 Å². The van der Waals surface area contributed by atoms with Gasteiger partial charge in [-0.15, -0.1) is 0 Å². The number of nitrogens with one attached hydrogen (secondary N) is 2. The van der Waals surface area contributed by atoms with Gasteiger partial charge in [0.2, 0.25) is 0 Å². The molecular formula is C23H28N4O2S. The van der Waals surface area contributed by atoms with Gasteiger partial charge in [-0.1, -0.05) is 24.3 Å². The van der Waals surface area contributed by atoms with Crippen LogP contribution in [0.15, 0.2) is 48.5 Å². The Morgan fingerprint density at radius 3 is 2.80 bits per heavy atom. The second-order valence-electron chi connectivity index (χ2n) is 8.72. The molecule has 2 heterocycles. The number of hydrogen-bond acceptors (Lipinski definition) is 3. The third kappa shape index (κ3) is 4.41. The topological polar surface area (TPSA) is 78.1 Å². The first kappa shape index (κ1) is 20.6. The van der Waals surface area contributed by atoms with E-state index in [0.29, 0.717) is 12.3 Å². The number of fused-ring (bicyclic) bond motifs is 1. The fourth-order valence-corrected chi connectivity index (χ4v) is 4.64. The number of nitrogens with zero attached hydrogens (tertiary/aromatic N) is 2. The number of urea groups is 1. The fraction of sp³-hybridized carbons (Fsp3) is 0.391. The van der Waals surface area contributed by atoms with Crippen molar-refractivity contribution in [1.82, 2.24) is 14.9 Å². The van der Waals surface area contributed by atoms with Crippen LogP contribution >= 0.6 is 0 Å². The molecular weight excluding hydrogens is 396 g/mol. The number of para-hydroxylation sites is 2. The largest absolute Gasteiger partial charge is 0.340 e. The summed E-state index contributed by atoms with van der Waals surface area (Å²) in [5, 5.41) is 3.02. The van der Waals surface area contributed by atoms with Crippen LogP contribution in [0, 0.1) is 0 Å². The van der Waals surface area contributed by atoms with Crippen LogP contribution in [0.5, 0.6) is 0 Å². The Hall–Kier alpha value is -2.67. The van der Waals surface area contributed by atoms with E-state index in [1.165, 1.54) is 0 Å². The Morgan fingerprint density at radius 1 is 1.23 bits per heavy atom. The molecule has 3 aromatic rings. The highest BCUT2D eigenvalue weighted by molar-refractivity contribution is 7.85. The Kier molecular flexibility index (Phi) is 5.64. The number of aromatic amines is 1. The molecule has 1 aliphatic rings.